The van der Waals surface area contributed by atoms with Gasteiger partial charge >= 0.3 is 0 Å². The van der Waals surface area contributed by atoms with Gasteiger partial charge in [-0.05, 0) is 23.3 Å². The van der Waals surface area contributed by atoms with Crippen molar-refractivity contribution in [2.24, 2.45) is 0 Å². The molecule has 0 heterocycles. The van der Waals surface area contributed by atoms with Crippen molar-refractivity contribution < 1.29 is 9.31 Å². The molecular weight excluding hydrogens is 277 g/mol. The molecule has 0 unspecified atom stereocenters. The largest absolute Gasteiger partial charge is 0.264 e. The Balaban J connectivity index is 2.07. The summed E-state index contributed by atoms with van der Waals surface area (Å²) in [7, 11) is 0. The molecule has 0 amide bonds. The molecule has 3 nitrogen and oxygen atoms in total. The molecule has 0 aliphatic rings. The van der Waals surface area contributed by atoms with Crippen molar-refractivity contribution in [1.82, 2.24) is 0 Å². The first kappa shape index (κ1) is 14.5. The van der Waals surface area contributed by atoms with E-state index in [9.17, 15) is 14.5 Å². The minimum atomic E-state index is -0.332. The van der Waals surface area contributed by atoms with E-state index in [0.29, 0.717) is 5.75 Å². The van der Waals surface area contributed by atoms with Crippen molar-refractivity contribution in [3.63, 3.8) is 0 Å². The highest BCUT2D eigenvalue weighted by atomic mass is 32.2. The molecule has 0 aromatic heterocycles. The fourth-order valence-corrected chi connectivity index (χ4v) is 3.00. The normalized spacial score (nSPS) is 12.1. The van der Waals surface area contributed by atoms with Gasteiger partial charge in [0.2, 0.25) is 6.54 Å². The third-order valence-corrected chi connectivity index (χ3v) is 4.17. The van der Waals surface area contributed by atoms with Crippen molar-refractivity contribution in [3.05, 3.63) is 81.7 Å². The Labute approximate surface area is 121 Å². The number of hydrogen-bond donors (Lipinski definition) is 0. The van der Waals surface area contributed by atoms with Gasteiger partial charge in [0.05, 0.1) is 5.25 Å². The highest BCUT2D eigenvalue weighted by Gasteiger charge is 2.18. The highest BCUT2D eigenvalue weighted by molar-refractivity contribution is 7.98. The molecule has 2 rings (SSSR count). The number of thioether (sulfide) groups is 1. The van der Waals surface area contributed by atoms with E-state index < -0.39 is 0 Å². The van der Waals surface area contributed by atoms with Crippen LogP contribution in [-0.4, -0.2) is 11.5 Å². The number of nitrogens with zero attached hydrogens (tertiary/aromatic N) is 1. The maximum Gasteiger partial charge on any atom is 0.219 e. The van der Waals surface area contributed by atoms with E-state index in [0.717, 1.165) is 11.1 Å². The Morgan fingerprint density at radius 3 is 2.35 bits per heavy atom. The first-order valence-electron chi connectivity index (χ1n) is 6.18. The molecule has 0 aliphatic heterocycles. The van der Waals surface area contributed by atoms with Gasteiger partial charge in [0.1, 0.15) is 5.82 Å². The molecule has 0 radical (unpaired) electrons. The Morgan fingerprint density at radius 1 is 1.10 bits per heavy atom. The molecule has 1 atom stereocenters. The molecule has 5 heteroatoms. The number of rotatable bonds is 6. The second kappa shape index (κ2) is 7.05. The lowest BCUT2D eigenvalue weighted by molar-refractivity contribution is -0.479. The summed E-state index contributed by atoms with van der Waals surface area (Å²) < 4.78 is 12.9. The van der Waals surface area contributed by atoms with Crippen LogP contribution in [0.3, 0.4) is 0 Å². The lowest BCUT2D eigenvalue weighted by atomic mass is 10.1. The molecule has 2 aromatic rings. The van der Waals surface area contributed by atoms with Crippen LogP contribution in [0.5, 0.6) is 0 Å². The molecule has 0 saturated carbocycles. The number of hydrogen-bond acceptors (Lipinski definition) is 3. The van der Waals surface area contributed by atoms with E-state index >= 15 is 0 Å². The summed E-state index contributed by atoms with van der Waals surface area (Å²) >= 11 is 1.50. The van der Waals surface area contributed by atoms with E-state index in [2.05, 4.69) is 0 Å². The van der Waals surface area contributed by atoms with Gasteiger partial charge in [-0.25, -0.2) is 4.39 Å². The van der Waals surface area contributed by atoms with Gasteiger partial charge in [0.25, 0.3) is 0 Å². The molecule has 0 fully saturated rings. The molecule has 0 bridgehead atoms. The van der Waals surface area contributed by atoms with Crippen molar-refractivity contribution in [1.29, 1.82) is 0 Å². The predicted octanol–water partition coefficient (Wildman–Crippen LogP) is 4.08. The second-order valence-electron chi connectivity index (χ2n) is 4.35. The molecule has 104 valence electrons. The quantitative estimate of drug-likeness (QED) is 0.595. The zero-order valence-electron chi connectivity index (χ0n) is 10.7. The number of benzene rings is 2. The van der Waals surface area contributed by atoms with E-state index in [-0.39, 0.29) is 22.5 Å². The summed E-state index contributed by atoms with van der Waals surface area (Å²) in [6.07, 6.45) is 0. The van der Waals surface area contributed by atoms with Gasteiger partial charge < -0.3 is 0 Å². The van der Waals surface area contributed by atoms with Crippen LogP contribution < -0.4 is 0 Å². The van der Waals surface area contributed by atoms with Crippen LogP contribution >= 0.6 is 11.8 Å². The fourth-order valence-electron chi connectivity index (χ4n) is 1.84. The molecule has 20 heavy (non-hydrogen) atoms. The first-order chi connectivity index (χ1) is 9.65. The van der Waals surface area contributed by atoms with Crippen LogP contribution in [0.1, 0.15) is 16.4 Å². The third-order valence-electron chi connectivity index (χ3n) is 2.85. The van der Waals surface area contributed by atoms with Crippen molar-refractivity contribution in [2.75, 3.05) is 6.54 Å². The van der Waals surface area contributed by atoms with Gasteiger partial charge in [-0.2, -0.15) is 0 Å². The van der Waals surface area contributed by atoms with E-state index in [1.54, 1.807) is 12.1 Å². The van der Waals surface area contributed by atoms with Crippen LogP contribution in [0.2, 0.25) is 0 Å². The topological polar surface area (TPSA) is 43.1 Å². The number of halogens is 1. The summed E-state index contributed by atoms with van der Waals surface area (Å²) in [5, 5.41) is 10.5. The maximum absolute atomic E-state index is 12.9. The second-order valence-corrected chi connectivity index (χ2v) is 5.54. The average Bonchev–Trinajstić information content (AvgIpc) is 2.45. The minimum absolute atomic E-state index is 0.164. The Kier molecular flexibility index (Phi) is 5.12. The van der Waals surface area contributed by atoms with Gasteiger partial charge in [-0.1, -0.05) is 42.5 Å². The third kappa shape index (κ3) is 4.35. The Morgan fingerprint density at radius 2 is 1.75 bits per heavy atom. The van der Waals surface area contributed by atoms with Gasteiger partial charge in [-0.3, -0.25) is 10.1 Å². The maximum atomic E-state index is 12.9. The highest BCUT2D eigenvalue weighted by Crippen LogP contribution is 2.31. The number of nitro groups is 1. The van der Waals surface area contributed by atoms with Crippen molar-refractivity contribution >= 4 is 11.8 Å². The molecular formula is C15H14FNO2S. The smallest absolute Gasteiger partial charge is 0.219 e. The van der Waals surface area contributed by atoms with Gasteiger partial charge in [-0.15, -0.1) is 11.8 Å². The fraction of sp³-hybridized carbons (Fsp3) is 0.200. The van der Waals surface area contributed by atoms with Gasteiger partial charge in [0, 0.05) is 10.7 Å². The van der Waals surface area contributed by atoms with E-state index in [1.807, 2.05) is 30.3 Å². The lowest BCUT2D eigenvalue weighted by Crippen LogP contribution is -2.10. The zero-order valence-corrected chi connectivity index (χ0v) is 11.6. The average molecular weight is 291 g/mol. The molecule has 0 saturated heterocycles. The molecule has 0 spiro atoms. The summed E-state index contributed by atoms with van der Waals surface area (Å²) in [6, 6.07) is 15.7. The summed E-state index contributed by atoms with van der Waals surface area (Å²) in [5.74, 6) is 0.359. The van der Waals surface area contributed by atoms with E-state index in [1.165, 1.54) is 23.9 Å². The Hall–Kier alpha value is -1.88. The minimum Gasteiger partial charge on any atom is -0.264 e. The SMILES string of the molecule is O=[N+]([O-])C[C@@H](SCc1ccccc1)c1ccc(F)cc1. The summed E-state index contributed by atoms with van der Waals surface area (Å²) in [5.41, 5.74) is 1.90. The van der Waals surface area contributed by atoms with Crippen LogP contribution in [0.4, 0.5) is 4.39 Å². The first-order valence-corrected chi connectivity index (χ1v) is 7.23. The van der Waals surface area contributed by atoms with Crippen LogP contribution in [-0.2, 0) is 5.75 Å². The standard InChI is InChI=1S/C15H14FNO2S/c16-14-8-6-13(7-9-14)15(10-17(18)19)20-11-12-4-2-1-3-5-12/h1-9,15H,10-11H2/t15-/m1/s1. The van der Waals surface area contributed by atoms with Crippen molar-refractivity contribution in [2.45, 2.75) is 11.0 Å². The van der Waals surface area contributed by atoms with Crippen molar-refractivity contribution in [3.8, 4) is 0 Å². The van der Waals surface area contributed by atoms with E-state index in [4.69, 9.17) is 0 Å². The molecule has 0 aliphatic carbocycles. The summed E-state index contributed by atoms with van der Waals surface area (Å²) in [6.45, 7) is -0.164. The van der Waals surface area contributed by atoms with Crippen LogP contribution in [0.25, 0.3) is 0 Å². The summed E-state index contributed by atoms with van der Waals surface area (Å²) in [4.78, 5) is 10.5. The molecule has 0 N–H and O–H groups in total. The lowest BCUT2D eigenvalue weighted by Gasteiger charge is -2.13. The predicted molar refractivity (Wildman–Crippen MR) is 78.7 cm³/mol. The van der Waals surface area contributed by atoms with Crippen LogP contribution in [0, 0.1) is 15.9 Å². The Bertz CT molecular complexity index is 560. The van der Waals surface area contributed by atoms with Crippen LogP contribution in [0.15, 0.2) is 54.6 Å². The van der Waals surface area contributed by atoms with Gasteiger partial charge in [0.15, 0.2) is 0 Å². The monoisotopic (exact) mass is 291 g/mol. The zero-order chi connectivity index (χ0) is 14.4. The molecule has 2 aromatic carbocycles.